The maximum atomic E-state index is 11.1. The summed E-state index contributed by atoms with van der Waals surface area (Å²) in [5.74, 6) is -0.146. The van der Waals surface area contributed by atoms with Crippen molar-refractivity contribution in [3.05, 3.63) is 29.8 Å². The van der Waals surface area contributed by atoms with Crippen molar-refractivity contribution in [3.63, 3.8) is 0 Å². The van der Waals surface area contributed by atoms with Crippen LogP contribution in [0.1, 0.15) is 5.56 Å². The molecule has 0 aromatic heterocycles. The number of rotatable bonds is 4. The van der Waals surface area contributed by atoms with Gasteiger partial charge in [-0.25, -0.2) is 4.79 Å². The maximum absolute atomic E-state index is 11.1. The summed E-state index contributed by atoms with van der Waals surface area (Å²) in [6, 6.07) is 4.79. The number of hydrogen-bond acceptors (Lipinski definition) is 5. The number of nitrogens with zero attached hydrogens (tertiary/aromatic N) is 1. The van der Waals surface area contributed by atoms with Crippen LogP contribution in [-0.2, 0) is 9.53 Å². The molecule has 0 amide bonds. The van der Waals surface area contributed by atoms with Crippen molar-refractivity contribution < 1.29 is 19.4 Å². The van der Waals surface area contributed by atoms with Crippen LogP contribution in [0.25, 0.3) is 6.08 Å². The van der Waals surface area contributed by atoms with Gasteiger partial charge in [0, 0.05) is 13.1 Å². The normalized spacial score (nSPS) is 10.9. The van der Waals surface area contributed by atoms with E-state index in [-0.39, 0.29) is 5.75 Å². The van der Waals surface area contributed by atoms with Crippen LogP contribution in [0, 0.1) is 0 Å². The van der Waals surface area contributed by atoms with Crippen molar-refractivity contribution >= 4 is 18.4 Å². The standard InChI is InChI=1S/C12H13NO4/c1-13-8-17-12(15)6-4-9-3-5-11(16-2)10(14)7-9/h3-8,14H,1-2H3/b6-4+,13-8?. The quantitative estimate of drug-likeness (QED) is 0.372. The van der Waals surface area contributed by atoms with Crippen molar-refractivity contribution in [2.45, 2.75) is 0 Å². The molecule has 17 heavy (non-hydrogen) atoms. The molecule has 0 unspecified atom stereocenters. The predicted octanol–water partition coefficient (Wildman–Crippen LogP) is 1.62. The van der Waals surface area contributed by atoms with Crippen molar-refractivity contribution in [1.82, 2.24) is 0 Å². The summed E-state index contributed by atoms with van der Waals surface area (Å²) in [5.41, 5.74) is 0.661. The van der Waals surface area contributed by atoms with Gasteiger partial charge in [0.25, 0.3) is 0 Å². The molecule has 1 rings (SSSR count). The van der Waals surface area contributed by atoms with Crippen LogP contribution < -0.4 is 4.74 Å². The highest BCUT2D eigenvalue weighted by Crippen LogP contribution is 2.26. The SMILES string of the molecule is CN=COC(=O)/C=C/c1ccc(OC)c(O)c1. The van der Waals surface area contributed by atoms with Crippen LogP contribution in [-0.4, -0.2) is 31.6 Å². The summed E-state index contributed by atoms with van der Waals surface area (Å²) in [7, 11) is 2.96. The van der Waals surface area contributed by atoms with Gasteiger partial charge in [0.2, 0.25) is 0 Å². The number of phenols is 1. The first-order valence-electron chi connectivity index (χ1n) is 4.83. The summed E-state index contributed by atoms with van der Waals surface area (Å²) >= 11 is 0. The van der Waals surface area contributed by atoms with Gasteiger partial charge in [0.1, 0.15) is 0 Å². The summed E-state index contributed by atoms with van der Waals surface area (Å²) in [6.07, 6.45) is 3.81. The van der Waals surface area contributed by atoms with Gasteiger partial charge in [-0.15, -0.1) is 0 Å². The largest absolute Gasteiger partial charge is 0.504 e. The number of esters is 1. The molecule has 0 heterocycles. The molecule has 1 N–H and O–H groups in total. The second-order valence-corrected chi connectivity index (χ2v) is 3.07. The monoisotopic (exact) mass is 235 g/mol. The predicted molar refractivity (Wildman–Crippen MR) is 64.2 cm³/mol. The second-order valence-electron chi connectivity index (χ2n) is 3.07. The maximum Gasteiger partial charge on any atom is 0.337 e. The van der Waals surface area contributed by atoms with E-state index in [0.29, 0.717) is 11.3 Å². The average molecular weight is 235 g/mol. The van der Waals surface area contributed by atoms with Gasteiger partial charge >= 0.3 is 5.97 Å². The number of benzene rings is 1. The number of methoxy groups -OCH3 is 1. The number of hydrogen-bond donors (Lipinski definition) is 1. The molecule has 0 saturated heterocycles. The van der Waals surface area contributed by atoms with E-state index in [1.54, 1.807) is 12.1 Å². The Labute approximate surface area is 99.0 Å². The molecule has 0 radical (unpaired) electrons. The number of carbonyl (C=O) groups excluding carboxylic acids is 1. The highest BCUT2D eigenvalue weighted by Gasteiger charge is 2.01. The Hall–Kier alpha value is -2.30. The minimum absolute atomic E-state index is 0.0122. The summed E-state index contributed by atoms with van der Waals surface area (Å²) in [5, 5.41) is 9.50. The number of aliphatic imine (C=N–C) groups is 1. The van der Waals surface area contributed by atoms with Crippen molar-refractivity contribution in [1.29, 1.82) is 0 Å². The van der Waals surface area contributed by atoms with Crippen LogP contribution in [0.2, 0.25) is 0 Å². The van der Waals surface area contributed by atoms with E-state index in [9.17, 15) is 9.90 Å². The minimum Gasteiger partial charge on any atom is -0.504 e. The first-order chi connectivity index (χ1) is 8.17. The zero-order valence-corrected chi connectivity index (χ0v) is 9.58. The third kappa shape index (κ3) is 3.98. The molecule has 5 heteroatoms. The molecule has 0 spiro atoms. The van der Waals surface area contributed by atoms with E-state index in [2.05, 4.69) is 9.73 Å². The third-order valence-electron chi connectivity index (χ3n) is 1.89. The lowest BCUT2D eigenvalue weighted by Crippen LogP contribution is -1.97. The first kappa shape index (κ1) is 12.8. The molecule has 0 fully saturated rings. The first-order valence-corrected chi connectivity index (χ1v) is 4.83. The fourth-order valence-corrected chi connectivity index (χ4v) is 1.12. The van der Waals surface area contributed by atoms with E-state index in [0.717, 1.165) is 6.40 Å². The van der Waals surface area contributed by atoms with Crippen LogP contribution in [0.15, 0.2) is 29.3 Å². The van der Waals surface area contributed by atoms with Crippen LogP contribution >= 0.6 is 0 Å². The zero-order valence-electron chi connectivity index (χ0n) is 9.58. The van der Waals surface area contributed by atoms with Crippen molar-refractivity contribution in [2.75, 3.05) is 14.2 Å². The van der Waals surface area contributed by atoms with Gasteiger partial charge in [-0.1, -0.05) is 6.07 Å². The number of ether oxygens (including phenoxy) is 2. The Morgan fingerprint density at radius 1 is 1.47 bits per heavy atom. The summed E-state index contributed by atoms with van der Waals surface area (Å²) in [6.45, 7) is 0. The van der Waals surface area contributed by atoms with Gasteiger partial charge in [-0.2, -0.15) is 0 Å². The van der Waals surface area contributed by atoms with E-state index < -0.39 is 5.97 Å². The fourth-order valence-electron chi connectivity index (χ4n) is 1.12. The molecule has 0 atom stereocenters. The molecule has 0 bridgehead atoms. The van der Waals surface area contributed by atoms with Gasteiger partial charge in [0.15, 0.2) is 17.9 Å². The number of carbonyl (C=O) groups is 1. The fraction of sp³-hybridized carbons (Fsp3) is 0.167. The molecular formula is C12H13NO4. The highest BCUT2D eigenvalue weighted by molar-refractivity contribution is 5.91. The lowest BCUT2D eigenvalue weighted by Gasteiger charge is -2.03. The van der Waals surface area contributed by atoms with E-state index in [4.69, 9.17) is 4.74 Å². The number of phenolic OH excluding ortho intramolecular Hbond substituents is 1. The minimum atomic E-state index is -0.536. The van der Waals surface area contributed by atoms with E-state index >= 15 is 0 Å². The summed E-state index contributed by atoms with van der Waals surface area (Å²) in [4.78, 5) is 14.6. The Kier molecular flexibility index (Phi) is 4.75. The zero-order chi connectivity index (χ0) is 12.7. The van der Waals surface area contributed by atoms with E-state index in [1.807, 2.05) is 0 Å². The van der Waals surface area contributed by atoms with Gasteiger partial charge < -0.3 is 14.6 Å². The molecule has 0 saturated carbocycles. The van der Waals surface area contributed by atoms with E-state index in [1.165, 1.54) is 32.4 Å². The van der Waals surface area contributed by atoms with Crippen molar-refractivity contribution in [2.24, 2.45) is 4.99 Å². The lowest BCUT2D eigenvalue weighted by atomic mass is 10.2. The Balaban J connectivity index is 2.71. The van der Waals surface area contributed by atoms with Crippen LogP contribution in [0.5, 0.6) is 11.5 Å². The second kappa shape index (κ2) is 6.32. The Morgan fingerprint density at radius 2 is 2.24 bits per heavy atom. The Bertz CT molecular complexity index is 452. The molecule has 0 aliphatic heterocycles. The summed E-state index contributed by atoms with van der Waals surface area (Å²) < 4.78 is 9.48. The van der Waals surface area contributed by atoms with Crippen LogP contribution in [0.3, 0.4) is 0 Å². The van der Waals surface area contributed by atoms with Gasteiger partial charge in [0.05, 0.1) is 7.11 Å². The molecule has 0 aliphatic rings. The number of aromatic hydroxyl groups is 1. The molecule has 5 nitrogen and oxygen atoms in total. The highest BCUT2D eigenvalue weighted by atomic mass is 16.5. The van der Waals surface area contributed by atoms with Crippen LogP contribution in [0.4, 0.5) is 0 Å². The lowest BCUT2D eigenvalue weighted by molar-refractivity contribution is -0.129. The molecule has 1 aromatic rings. The molecule has 90 valence electrons. The third-order valence-corrected chi connectivity index (χ3v) is 1.89. The molecule has 1 aromatic carbocycles. The molecular weight excluding hydrogens is 222 g/mol. The van der Waals surface area contributed by atoms with Gasteiger partial charge in [-0.3, -0.25) is 4.99 Å². The Morgan fingerprint density at radius 3 is 2.82 bits per heavy atom. The van der Waals surface area contributed by atoms with Gasteiger partial charge in [-0.05, 0) is 23.8 Å². The topological polar surface area (TPSA) is 68.1 Å². The van der Waals surface area contributed by atoms with Crippen molar-refractivity contribution in [3.8, 4) is 11.5 Å². The average Bonchev–Trinajstić information content (AvgIpc) is 2.34. The smallest absolute Gasteiger partial charge is 0.337 e. The molecule has 0 aliphatic carbocycles.